The second-order valence-electron chi connectivity index (χ2n) is 18.4. The van der Waals surface area contributed by atoms with Crippen LogP contribution in [0.2, 0.25) is 0 Å². The number of hydrogen-bond acceptors (Lipinski definition) is 12. The first-order valence-corrected chi connectivity index (χ1v) is 23.5. The lowest BCUT2D eigenvalue weighted by Gasteiger charge is -2.40. The van der Waals surface area contributed by atoms with Crippen LogP contribution in [0.15, 0.2) is 103 Å². The molecule has 16 heteroatoms. The van der Waals surface area contributed by atoms with Crippen molar-refractivity contribution in [3.8, 4) is 5.75 Å². The smallest absolute Gasteiger partial charge is 0.269 e. The van der Waals surface area contributed by atoms with Crippen LogP contribution in [0.5, 0.6) is 5.75 Å². The van der Waals surface area contributed by atoms with E-state index >= 15 is 0 Å². The van der Waals surface area contributed by atoms with Gasteiger partial charge in [0.1, 0.15) is 17.9 Å². The van der Waals surface area contributed by atoms with Gasteiger partial charge in [-0.15, -0.1) is 0 Å². The Kier molecular flexibility index (Phi) is 12.7. The van der Waals surface area contributed by atoms with Crippen molar-refractivity contribution in [1.82, 2.24) is 20.0 Å². The van der Waals surface area contributed by atoms with E-state index in [1.807, 2.05) is 60.7 Å². The van der Waals surface area contributed by atoms with Crippen molar-refractivity contribution in [1.29, 1.82) is 0 Å². The van der Waals surface area contributed by atoms with E-state index in [2.05, 4.69) is 20.0 Å². The van der Waals surface area contributed by atoms with E-state index in [0.29, 0.717) is 23.2 Å². The average Bonchev–Trinajstić information content (AvgIpc) is 3.75. The highest BCUT2D eigenvalue weighted by Gasteiger charge is 2.45. The number of carbonyl (C=O) groups excluding carboxylic acids is 5. The molecule has 1 atom stereocenters. The van der Waals surface area contributed by atoms with Gasteiger partial charge in [0, 0.05) is 101 Å². The SMILES string of the molecule is O=C1CCC(N2C(=O)c3ccc(N4CCN(CCN5CCC(OC6CC(Oc7ccc(CN8C(=O)C(=C/C=C/c9ccc([N+](=O)[O-])cc9)c9ccccc98)cc7)C6)CC5)CC4)cc3C2=O)C(=O)N1. The fraction of sp³-hybridized carbons (Fsp3) is 0.365. The summed E-state index contributed by atoms with van der Waals surface area (Å²) in [5.74, 6) is -1.26. The maximum Gasteiger partial charge on any atom is 0.269 e. The number of allylic oxidation sites excluding steroid dienone is 2. The number of nitrogens with zero attached hydrogens (tertiary/aromatic N) is 6. The topological polar surface area (TPSA) is 175 Å². The standard InChI is InChI=1S/C52H53N7O9/c60-48-19-18-47(49(61)53-48)58-51(63)44-17-14-37(30-45(44)52(58)64)56-28-26-55(27-29-56)25-24-54-22-20-39(21-23-54)68-41-31-40(32-41)67-38-15-10-35(11-16-38)33-57-46-7-2-1-5-42(46)43(50(57)62)6-3-4-34-8-12-36(13-9-34)59(65)66/h1-17,30,39-41,47H,18-29,31-33H2,(H,53,60,61)/b4-3+,43-6?. The zero-order valence-electron chi connectivity index (χ0n) is 37.7. The van der Waals surface area contributed by atoms with E-state index in [0.717, 1.165) is 117 Å². The van der Waals surface area contributed by atoms with Gasteiger partial charge in [-0.3, -0.25) is 49.2 Å². The van der Waals surface area contributed by atoms with Crippen molar-refractivity contribution in [3.63, 3.8) is 0 Å². The number of hydrogen-bond donors (Lipinski definition) is 1. The molecule has 0 radical (unpaired) electrons. The van der Waals surface area contributed by atoms with Gasteiger partial charge in [0.25, 0.3) is 23.4 Å². The number of carbonyl (C=O) groups is 5. The van der Waals surface area contributed by atoms with Crippen molar-refractivity contribution < 1.29 is 38.4 Å². The van der Waals surface area contributed by atoms with Crippen molar-refractivity contribution in [2.45, 2.75) is 69.4 Å². The minimum Gasteiger partial charge on any atom is -0.490 e. The van der Waals surface area contributed by atoms with Gasteiger partial charge in [-0.2, -0.15) is 0 Å². The molecule has 1 saturated carbocycles. The highest BCUT2D eigenvalue weighted by Crippen LogP contribution is 2.38. The second-order valence-corrected chi connectivity index (χ2v) is 18.4. The maximum absolute atomic E-state index is 13.7. The molecule has 4 aromatic carbocycles. The molecule has 4 aromatic rings. The van der Waals surface area contributed by atoms with Crippen LogP contribution in [0.1, 0.15) is 75.9 Å². The minimum absolute atomic E-state index is 0.0308. The highest BCUT2D eigenvalue weighted by atomic mass is 16.6. The maximum atomic E-state index is 13.7. The van der Waals surface area contributed by atoms with E-state index < -0.39 is 34.6 Å². The van der Waals surface area contributed by atoms with Crippen LogP contribution < -0.4 is 19.9 Å². The molecule has 0 aromatic heterocycles. The highest BCUT2D eigenvalue weighted by molar-refractivity contribution is 6.32. The van der Waals surface area contributed by atoms with Gasteiger partial charge in [0.15, 0.2) is 0 Å². The van der Waals surface area contributed by atoms with Crippen molar-refractivity contribution in [3.05, 3.63) is 141 Å². The average molecular weight is 920 g/mol. The van der Waals surface area contributed by atoms with Crippen molar-refractivity contribution in [2.75, 3.05) is 62.2 Å². The summed E-state index contributed by atoms with van der Waals surface area (Å²) >= 11 is 0. The molecule has 4 fully saturated rings. The molecule has 6 aliphatic rings. The minimum atomic E-state index is -0.973. The van der Waals surface area contributed by atoms with Crippen LogP contribution in [0.4, 0.5) is 17.1 Å². The number of imide groups is 2. The number of amides is 5. The van der Waals surface area contributed by atoms with E-state index in [9.17, 15) is 34.1 Å². The fourth-order valence-electron chi connectivity index (χ4n) is 10.1. The lowest BCUT2D eigenvalue weighted by molar-refractivity contribution is -0.384. The zero-order chi connectivity index (χ0) is 46.9. The van der Waals surface area contributed by atoms with Gasteiger partial charge in [0.05, 0.1) is 40.5 Å². The number of fused-ring (bicyclic) bond motifs is 2. The third kappa shape index (κ3) is 9.44. The summed E-state index contributed by atoms with van der Waals surface area (Å²) in [6.07, 6.45) is 9.96. The van der Waals surface area contributed by atoms with E-state index in [1.165, 1.54) is 12.1 Å². The molecule has 68 heavy (non-hydrogen) atoms. The molecule has 1 unspecified atom stereocenters. The van der Waals surface area contributed by atoms with Gasteiger partial charge in [-0.05, 0) is 85.0 Å². The summed E-state index contributed by atoms with van der Waals surface area (Å²) in [7, 11) is 0. The number of nitro benzene ring substituents is 1. The lowest BCUT2D eigenvalue weighted by atomic mass is 9.91. The third-order valence-corrected chi connectivity index (χ3v) is 14.0. The van der Waals surface area contributed by atoms with Gasteiger partial charge >= 0.3 is 0 Å². The number of piperidine rings is 2. The van der Waals surface area contributed by atoms with E-state index in [1.54, 1.807) is 41.3 Å². The molecule has 5 heterocycles. The van der Waals surface area contributed by atoms with Crippen LogP contribution in [-0.2, 0) is 25.7 Å². The summed E-state index contributed by atoms with van der Waals surface area (Å²) in [5.41, 5.74) is 5.61. The summed E-state index contributed by atoms with van der Waals surface area (Å²) in [6.45, 7) is 7.81. The summed E-state index contributed by atoms with van der Waals surface area (Å²) < 4.78 is 12.8. The Labute approximate surface area is 393 Å². The first-order chi connectivity index (χ1) is 33.0. The van der Waals surface area contributed by atoms with E-state index in [-0.39, 0.29) is 42.7 Å². The van der Waals surface area contributed by atoms with E-state index in [4.69, 9.17) is 9.47 Å². The molecule has 1 aliphatic carbocycles. The van der Waals surface area contributed by atoms with Crippen LogP contribution in [-0.4, -0.2) is 126 Å². The molecule has 1 N–H and O–H groups in total. The second kappa shape index (κ2) is 19.3. The molecular formula is C52H53N7O9. The first kappa shape index (κ1) is 44.8. The van der Waals surface area contributed by atoms with Crippen molar-refractivity contribution in [2.24, 2.45) is 0 Å². The number of nitro groups is 1. The monoisotopic (exact) mass is 919 g/mol. The summed E-state index contributed by atoms with van der Waals surface area (Å²) in [4.78, 5) is 84.8. The van der Waals surface area contributed by atoms with Crippen LogP contribution in [0.3, 0.4) is 0 Å². The zero-order valence-corrected chi connectivity index (χ0v) is 37.7. The number of benzene rings is 4. The first-order valence-electron chi connectivity index (χ1n) is 23.5. The molecule has 16 nitrogen and oxygen atoms in total. The fourth-order valence-corrected chi connectivity index (χ4v) is 10.1. The Morgan fingerprint density at radius 2 is 1.41 bits per heavy atom. The number of likely N-dealkylation sites (tertiary alicyclic amines) is 1. The number of anilines is 2. The molecule has 10 rings (SSSR count). The van der Waals surface area contributed by atoms with Gasteiger partial charge < -0.3 is 24.2 Å². The normalized spacial score (nSPS) is 23.1. The van der Waals surface area contributed by atoms with Crippen molar-refractivity contribution >= 4 is 58.2 Å². The molecule has 5 amide bonds. The molecule has 3 saturated heterocycles. The van der Waals surface area contributed by atoms with Crippen LogP contribution >= 0.6 is 0 Å². The predicted octanol–water partition coefficient (Wildman–Crippen LogP) is 5.85. The summed E-state index contributed by atoms with van der Waals surface area (Å²) in [5, 5.41) is 13.2. The number of rotatable bonds is 14. The number of non-ortho nitro benzene ring substituents is 1. The van der Waals surface area contributed by atoms with Crippen LogP contribution in [0, 0.1) is 10.1 Å². The van der Waals surface area contributed by atoms with Crippen LogP contribution in [0.25, 0.3) is 11.6 Å². The number of nitrogens with one attached hydrogen (secondary N) is 1. The third-order valence-electron chi connectivity index (χ3n) is 14.0. The largest absolute Gasteiger partial charge is 0.490 e. The Morgan fingerprint density at radius 3 is 2.13 bits per heavy atom. The molecule has 350 valence electrons. The van der Waals surface area contributed by atoms with Gasteiger partial charge in [-0.25, -0.2) is 0 Å². The predicted molar refractivity (Wildman–Crippen MR) is 254 cm³/mol. The Hall–Kier alpha value is -7.01. The summed E-state index contributed by atoms with van der Waals surface area (Å²) in [6, 6.07) is 26.3. The van der Waals surface area contributed by atoms with Gasteiger partial charge in [0.2, 0.25) is 11.8 Å². The number of ether oxygens (including phenoxy) is 2. The number of piperazine rings is 1. The molecule has 0 bridgehead atoms. The molecule has 5 aliphatic heterocycles. The Bertz CT molecular complexity index is 2680. The Balaban J connectivity index is 0.621. The Morgan fingerprint density at radius 1 is 0.706 bits per heavy atom. The molecular weight excluding hydrogens is 867 g/mol. The lowest BCUT2D eigenvalue weighted by Crippen LogP contribution is -2.54. The number of para-hydroxylation sites is 1. The quantitative estimate of drug-likeness (QED) is 0.0693. The molecule has 0 spiro atoms. The van der Waals surface area contributed by atoms with Gasteiger partial charge in [-0.1, -0.05) is 42.5 Å².